The Hall–Kier alpha value is -4.60. The Kier molecular flexibility index (Phi) is 8.65. The standard InChI is InChI=1S/C36H28BrF3N2O3/c1-41-34(43)29-20-31(38)30(37)21-32(29)42(41)22-25-19-24(17-18-33(25)45-35(39)40)23-44-36(26-11-5-2-6-12-26,27-13-7-3-8-14-27)28-15-9-4-10-16-28/h2-21,35H,22-23H2,1H3. The van der Waals surface area contributed by atoms with E-state index in [1.165, 1.54) is 16.8 Å². The molecule has 0 saturated carbocycles. The van der Waals surface area contributed by atoms with Crippen LogP contribution >= 0.6 is 15.9 Å². The molecule has 1 heterocycles. The molecule has 0 N–H and O–H groups in total. The molecule has 9 heteroatoms. The van der Waals surface area contributed by atoms with Crippen molar-refractivity contribution in [3.8, 4) is 5.75 Å². The second kappa shape index (κ2) is 12.8. The van der Waals surface area contributed by atoms with Crippen LogP contribution in [0.2, 0.25) is 0 Å². The summed E-state index contributed by atoms with van der Waals surface area (Å²) in [6.45, 7) is -2.94. The summed E-state index contributed by atoms with van der Waals surface area (Å²) >= 11 is 3.19. The Morgan fingerprint density at radius 3 is 1.89 bits per heavy atom. The second-order valence-electron chi connectivity index (χ2n) is 10.6. The van der Waals surface area contributed by atoms with Crippen molar-refractivity contribution in [1.82, 2.24) is 9.36 Å². The van der Waals surface area contributed by atoms with Gasteiger partial charge in [0.15, 0.2) is 0 Å². The van der Waals surface area contributed by atoms with Crippen LogP contribution in [-0.4, -0.2) is 16.0 Å². The number of halogens is 4. The Morgan fingerprint density at radius 2 is 1.36 bits per heavy atom. The fourth-order valence-electron chi connectivity index (χ4n) is 5.74. The van der Waals surface area contributed by atoms with Gasteiger partial charge in [-0.05, 0) is 62.4 Å². The predicted molar refractivity (Wildman–Crippen MR) is 171 cm³/mol. The van der Waals surface area contributed by atoms with Crippen molar-refractivity contribution in [2.45, 2.75) is 25.4 Å². The number of fused-ring (bicyclic) bond motifs is 1. The third-order valence-electron chi connectivity index (χ3n) is 7.86. The van der Waals surface area contributed by atoms with Gasteiger partial charge in [-0.25, -0.2) is 4.39 Å². The highest BCUT2D eigenvalue weighted by molar-refractivity contribution is 9.10. The molecule has 0 amide bonds. The number of benzene rings is 5. The summed E-state index contributed by atoms with van der Waals surface area (Å²) in [7, 11) is 1.54. The van der Waals surface area contributed by atoms with E-state index < -0.39 is 23.6 Å². The zero-order chi connectivity index (χ0) is 31.6. The molecule has 228 valence electrons. The van der Waals surface area contributed by atoms with Crippen LogP contribution in [0.5, 0.6) is 5.75 Å². The van der Waals surface area contributed by atoms with Crippen molar-refractivity contribution in [3.05, 3.63) is 170 Å². The first-order chi connectivity index (χ1) is 21.8. The number of hydrogen-bond acceptors (Lipinski definition) is 3. The highest BCUT2D eigenvalue weighted by atomic mass is 79.9. The van der Waals surface area contributed by atoms with Crippen molar-refractivity contribution in [3.63, 3.8) is 0 Å². The van der Waals surface area contributed by atoms with E-state index >= 15 is 0 Å². The number of aromatic nitrogens is 2. The lowest BCUT2D eigenvalue weighted by Crippen LogP contribution is -2.32. The van der Waals surface area contributed by atoms with Crippen LogP contribution in [0.25, 0.3) is 10.9 Å². The minimum Gasteiger partial charge on any atom is -0.434 e. The van der Waals surface area contributed by atoms with Gasteiger partial charge in [-0.1, -0.05) is 97.1 Å². The maximum atomic E-state index is 14.3. The van der Waals surface area contributed by atoms with Gasteiger partial charge in [-0.15, -0.1) is 0 Å². The van der Waals surface area contributed by atoms with E-state index in [2.05, 4.69) is 15.9 Å². The largest absolute Gasteiger partial charge is 0.434 e. The number of ether oxygens (including phenoxy) is 2. The summed E-state index contributed by atoms with van der Waals surface area (Å²) in [6, 6.07) is 37.3. The maximum absolute atomic E-state index is 14.3. The molecule has 0 aliphatic heterocycles. The number of rotatable bonds is 10. The van der Waals surface area contributed by atoms with Gasteiger partial charge in [0, 0.05) is 12.6 Å². The first kappa shape index (κ1) is 30.4. The maximum Gasteiger partial charge on any atom is 0.387 e. The van der Waals surface area contributed by atoms with Gasteiger partial charge in [0.25, 0.3) is 5.56 Å². The molecule has 6 aromatic rings. The predicted octanol–water partition coefficient (Wildman–Crippen LogP) is 8.40. The van der Waals surface area contributed by atoms with E-state index in [4.69, 9.17) is 9.47 Å². The third-order valence-corrected chi connectivity index (χ3v) is 8.47. The summed E-state index contributed by atoms with van der Waals surface area (Å²) in [4.78, 5) is 12.9. The summed E-state index contributed by atoms with van der Waals surface area (Å²) in [5, 5.41) is 0.174. The van der Waals surface area contributed by atoms with E-state index in [1.54, 1.807) is 23.9 Å². The van der Waals surface area contributed by atoms with E-state index in [-0.39, 0.29) is 28.8 Å². The highest BCUT2D eigenvalue weighted by Crippen LogP contribution is 2.41. The molecule has 0 saturated heterocycles. The van der Waals surface area contributed by atoms with Gasteiger partial charge in [0.1, 0.15) is 17.2 Å². The molecule has 0 aliphatic carbocycles. The lowest BCUT2D eigenvalue weighted by atomic mass is 9.80. The van der Waals surface area contributed by atoms with E-state index in [1.807, 2.05) is 91.0 Å². The molecule has 6 rings (SSSR count). The molecule has 1 aromatic heterocycles. The topological polar surface area (TPSA) is 45.4 Å². The quantitative estimate of drug-likeness (QED) is 0.137. The number of nitrogens with zero attached hydrogens (tertiary/aromatic N) is 2. The fourth-order valence-corrected chi connectivity index (χ4v) is 6.07. The van der Waals surface area contributed by atoms with Crippen molar-refractivity contribution in [2.24, 2.45) is 7.05 Å². The molecule has 5 nitrogen and oxygen atoms in total. The molecule has 0 unspecified atom stereocenters. The van der Waals surface area contributed by atoms with Gasteiger partial charge in [0.05, 0.1) is 28.5 Å². The monoisotopic (exact) mass is 672 g/mol. The molecule has 0 spiro atoms. The smallest absolute Gasteiger partial charge is 0.387 e. The SMILES string of the molecule is Cn1c(=O)c2cc(F)c(Br)cc2n1Cc1cc(COC(c2ccccc2)(c2ccccc2)c2ccccc2)ccc1OC(F)F. The second-order valence-corrected chi connectivity index (χ2v) is 11.4. The highest BCUT2D eigenvalue weighted by Gasteiger charge is 2.37. The molecular formula is C36H28BrF3N2O3. The first-order valence-electron chi connectivity index (χ1n) is 14.2. The van der Waals surface area contributed by atoms with Crippen LogP contribution in [-0.2, 0) is 30.5 Å². The first-order valence-corrected chi connectivity index (χ1v) is 15.0. The van der Waals surface area contributed by atoms with Crippen molar-refractivity contribution >= 4 is 26.8 Å². The van der Waals surface area contributed by atoms with E-state index in [9.17, 15) is 18.0 Å². The molecule has 0 bridgehead atoms. The fraction of sp³-hybridized carbons (Fsp3) is 0.139. The zero-order valence-electron chi connectivity index (χ0n) is 24.2. The van der Waals surface area contributed by atoms with Gasteiger partial charge >= 0.3 is 6.61 Å². The average molecular weight is 674 g/mol. The summed E-state index contributed by atoms with van der Waals surface area (Å²) in [5.41, 5.74) is 2.91. The third kappa shape index (κ3) is 5.93. The Balaban J connectivity index is 1.44. The van der Waals surface area contributed by atoms with Crippen molar-refractivity contribution < 1.29 is 22.6 Å². The minimum absolute atomic E-state index is 0.00437. The summed E-state index contributed by atoms with van der Waals surface area (Å²) in [5.74, 6) is -0.610. The Bertz CT molecular complexity index is 1900. The molecule has 0 atom stereocenters. The van der Waals surface area contributed by atoms with Gasteiger partial charge < -0.3 is 9.47 Å². The lowest BCUT2D eigenvalue weighted by Gasteiger charge is -2.36. The summed E-state index contributed by atoms with van der Waals surface area (Å²) in [6.07, 6.45) is 0. The van der Waals surface area contributed by atoms with Gasteiger partial charge in [-0.2, -0.15) is 8.78 Å². The van der Waals surface area contributed by atoms with Gasteiger partial charge in [-0.3, -0.25) is 14.2 Å². The van der Waals surface area contributed by atoms with Crippen LogP contribution in [0.3, 0.4) is 0 Å². The molecule has 0 aliphatic rings. The van der Waals surface area contributed by atoms with Crippen LogP contribution in [0.15, 0.2) is 131 Å². The van der Waals surface area contributed by atoms with Gasteiger partial charge in [0.2, 0.25) is 0 Å². The van der Waals surface area contributed by atoms with Crippen LogP contribution in [0.4, 0.5) is 13.2 Å². The zero-order valence-corrected chi connectivity index (χ0v) is 25.8. The van der Waals surface area contributed by atoms with Crippen molar-refractivity contribution in [2.75, 3.05) is 0 Å². The van der Waals surface area contributed by atoms with E-state index in [0.29, 0.717) is 16.6 Å². The van der Waals surface area contributed by atoms with Crippen LogP contribution < -0.4 is 10.3 Å². The van der Waals surface area contributed by atoms with E-state index in [0.717, 1.165) is 22.8 Å². The lowest BCUT2D eigenvalue weighted by molar-refractivity contribution is -0.0505. The molecule has 5 aromatic carbocycles. The van der Waals surface area contributed by atoms with Crippen LogP contribution in [0, 0.1) is 5.82 Å². The summed E-state index contributed by atoms with van der Waals surface area (Å²) < 4.78 is 56.2. The normalized spacial score (nSPS) is 11.8. The Morgan fingerprint density at radius 1 is 0.800 bits per heavy atom. The average Bonchev–Trinajstić information content (AvgIpc) is 3.27. The Labute approximate surface area is 266 Å². The number of hydrogen-bond donors (Lipinski definition) is 0. The molecule has 0 fully saturated rings. The molecule has 0 radical (unpaired) electrons. The van der Waals surface area contributed by atoms with Crippen LogP contribution in [0.1, 0.15) is 27.8 Å². The van der Waals surface area contributed by atoms with Crippen molar-refractivity contribution in [1.29, 1.82) is 0 Å². The number of alkyl halides is 2. The molecule has 45 heavy (non-hydrogen) atoms. The molecular weight excluding hydrogens is 645 g/mol. The minimum atomic E-state index is -3.05.